The van der Waals surface area contributed by atoms with Crippen LogP contribution in [-0.4, -0.2) is 61.7 Å². The van der Waals surface area contributed by atoms with Gasteiger partial charge in [0.15, 0.2) is 11.5 Å². The number of hydrogen-bond donors (Lipinski definition) is 3. The van der Waals surface area contributed by atoms with Crippen LogP contribution >= 0.6 is 15.9 Å². The number of hydrogen-bond acceptors (Lipinski definition) is 12. The van der Waals surface area contributed by atoms with Crippen molar-refractivity contribution in [3.8, 4) is 28.9 Å². The summed E-state index contributed by atoms with van der Waals surface area (Å²) in [5.74, 6) is -3.94. The second-order valence-electron chi connectivity index (χ2n) is 12.5. The van der Waals surface area contributed by atoms with Gasteiger partial charge in [-0.2, -0.15) is 0 Å². The van der Waals surface area contributed by atoms with Crippen molar-refractivity contribution in [3.63, 3.8) is 0 Å². The number of carbonyl (C=O) groups excluding carboxylic acids is 3. The van der Waals surface area contributed by atoms with E-state index < -0.39 is 35.0 Å². The molecule has 0 fully saturated rings. The van der Waals surface area contributed by atoms with Crippen molar-refractivity contribution >= 4 is 50.5 Å². The lowest BCUT2D eigenvalue weighted by molar-refractivity contribution is -0.151. The van der Waals surface area contributed by atoms with Gasteiger partial charge in [0, 0.05) is 11.6 Å². The molecule has 1 aliphatic carbocycles. The number of nitrogens with zero attached hydrogens (tertiary/aromatic N) is 2. The summed E-state index contributed by atoms with van der Waals surface area (Å²) < 4.78 is 22.6. The van der Waals surface area contributed by atoms with E-state index in [1.807, 2.05) is 0 Å². The van der Waals surface area contributed by atoms with Crippen molar-refractivity contribution in [2.75, 3.05) is 7.11 Å². The van der Waals surface area contributed by atoms with E-state index in [1.54, 1.807) is 53.7 Å². The fourth-order valence-corrected chi connectivity index (χ4v) is 6.71. The van der Waals surface area contributed by atoms with Crippen molar-refractivity contribution < 1.29 is 53.4 Å². The molecule has 3 aromatic carbocycles. The number of phenols is 1. The van der Waals surface area contributed by atoms with E-state index in [1.165, 1.54) is 27.3 Å². The number of fused-ring (bicyclic) bond motifs is 1. The molecule has 1 aromatic heterocycles. The Morgan fingerprint density at radius 2 is 1.44 bits per heavy atom. The minimum absolute atomic E-state index is 0.0310. The third-order valence-corrected chi connectivity index (χ3v) is 10.1. The fraction of sp³-hybridized carbons (Fsp3) is 0.263. The number of halogens is 1. The zero-order valence-electron chi connectivity index (χ0n) is 29.8. The zero-order valence-corrected chi connectivity index (χ0v) is 31.4. The van der Waals surface area contributed by atoms with Crippen LogP contribution in [0.5, 0.6) is 28.9 Å². The number of ether oxygens (including phenoxy) is 4. The zero-order chi connectivity index (χ0) is 38.6. The lowest BCUT2D eigenvalue weighted by Gasteiger charge is -2.30. The van der Waals surface area contributed by atoms with E-state index in [0.29, 0.717) is 44.5 Å². The first-order valence-corrected chi connectivity index (χ1v) is 16.6. The van der Waals surface area contributed by atoms with Crippen LogP contribution < -0.4 is 14.2 Å². The molecule has 14 heteroatoms. The number of methoxy groups -OCH3 is 1. The van der Waals surface area contributed by atoms with Gasteiger partial charge in [-0.05, 0) is 128 Å². The van der Waals surface area contributed by atoms with Gasteiger partial charge in [0.25, 0.3) is 0 Å². The quantitative estimate of drug-likeness (QED) is 0.127. The smallest absolute Gasteiger partial charge is 0.356 e. The second-order valence-corrected chi connectivity index (χ2v) is 13.3. The Labute approximate surface area is 306 Å². The van der Waals surface area contributed by atoms with Gasteiger partial charge >= 0.3 is 17.9 Å². The van der Waals surface area contributed by atoms with Crippen LogP contribution in [0.25, 0.3) is 10.9 Å². The standard InChI is InChI=1S/C38H35BrN2O11/c1-15-10-24(18(4)19(5)27(15)35(44)45)50-34-28-16(2)11-25(22(8)31(28)40-14-41-34)51-36(46)29-20(6)21(7)33(30(39)32(29)43)52-37(47)38(48)17(3)12-23(42)13-26(38)49-9/h10-14,43,48H,1-9H3,(H,44,45). The Morgan fingerprint density at radius 3 is 2.08 bits per heavy atom. The van der Waals surface area contributed by atoms with Crippen LogP contribution in [0, 0.1) is 48.5 Å². The van der Waals surface area contributed by atoms with Crippen LogP contribution in [-0.2, 0) is 14.3 Å². The number of aromatic nitrogens is 2. The molecule has 0 saturated heterocycles. The number of allylic oxidation sites excluding steroid dienone is 2. The summed E-state index contributed by atoms with van der Waals surface area (Å²) in [7, 11) is 1.19. The third kappa shape index (κ3) is 6.17. The Hall–Kier alpha value is -5.60. The topological polar surface area (TPSA) is 192 Å². The summed E-state index contributed by atoms with van der Waals surface area (Å²) >= 11 is 3.22. The summed E-state index contributed by atoms with van der Waals surface area (Å²) in [5, 5.41) is 32.7. The second kappa shape index (κ2) is 13.8. The Bertz CT molecular complexity index is 2300. The monoisotopic (exact) mass is 774 g/mol. The van der Waals surface area contributed by atoms with Crippen LogP contribution in [0.15, 0.2) is 46.4 Å². The average Bonchev–Trinajstić information content (AvgIpc) is 3.08. The number of esters is 2. The van der Waals surface area contributed by atoms with Gasteiger partial charge in [-0.1, -0.05) is 0 Å². The molecule has 1 unspecified atom stereocenters. The number of aliphatic hydroxyl groups is 1. The molecule has 270 valence electrons. The minimum atomic E-state index is -2.42. The highest BCUT2D eigenvalue weighted by molar-refractivity contribution is 9.10. The molecule has 0 radical (unpaired) electrons. The summed E-state index contributed by atoms with van der Waals surface area (Å²) in [5.41, 5.74) is 1.26. The number of carboxylic acid groups (broad SMARTS) is 1. The molecule has 0 saturated carbocycles. The SMILES string of the molecule is COC1=CC(=O)C=C(C)C1(O)C(=O)Oc1c(C)c(C)c(C(=O)Oc2cc(C)c3c(Oc4cc(C)c(C(=O)O)c(C)c4C)ncnc3c2C)c(O)c1Br. The molecule has 0 bridgehead atoms. The predicted octanol–water partition coefficient (Wildman–Crippen LogP) is 6.66. The number of carbonyl (C=O) groups is 4. The number of benzene rings is 3. The Morgan fingerprint density at radius 1 is 0.808 bits per heavy atom. The third-order valence-electron chi connectivity index (χ3n) is 9.35. The highest BCUT2D eigenvalue weighted by Crippen LogP contribution is 2.44. The largest absolute Gasteiger partial charge is 0.506 e. The molecule has 3 N–H and O–H groups in total. The van der Waals surface area contributed by atoms with Crippen molar-refractivity contribution in [3.05, 3.63) is 96.5 Å². The van der Waals surface area contributed by atoms with Crippen molar-refractivity contribution in [2.24, 2.45) is 0 Å². The lowest BCUT2D eigenvalue weighted by Crippen LogP contribution is -2.47. The number of rotatable bonds is 8. The van der Waals surface area contributed by atoms with Gasteiger partial charge in [0.2, 0.25) is 11.5 Å². The molecular formula is C38H35BrN2O11. The normalized spacial score (nSPS) is 15.6. The first-order valence-electron chi connectivity index (χ1n) is 15.8. The fourth-order valence-electron chi connectivity index (χ4n) is 6.13. The molecule has 5 rings (SSSR count). The van der Waals surface area contributed by atoms with Gasteiger partial charge < -0.3 is 34.3 Å². The maximum absolute atomic E-state index is 13.7. The van der Waals surface area contributed by atoms with Crippen LogP contribution in [0.4, 0.5) is 0 Å². The van der Waals surface area contributed by atoms with Crippen LogP contribution in [0.2, 0.25) is 0 Å². The Balaban J connectivity index is 1.48. The summed E-state index contributed by atoms with van der Waals surface area (Å²) in [6.45, 7) is 13.1. The van der Waals surface area contributed by atoms with E-state index >= 15 is 0 Å². The predicted molar refractivity (Wildman–Crippen MR) is 191 cm³/mol. The van der Waals surface area contributed by atoms with Gasteiger partial charge in [0.05, 0.1) is 23.6 Å². The first kappa shape index (κ1) is 37.7. The number of carboxylic acids is 1. The molecule has 13 nitrogen and oxygen atoms in total. The molecule has 0 aliphatic heterocycles. The molecule has 1 aliphatic rings. The van der Waals surface area contributed by atoms with E-state index in [-0.39, 0.29) is 55.4 Å². The van der Waals surface area contributed by atoms with E-state index in [0.717, 1.165) is 12.2 Å². The summed E-state index contributed by atoms with van der Waals surface area (Å²) in [6, 6.07) is 3.25. The number of phenolic OH excluding ortho intramolecular Hbond substituents is 1. The molecule has 4 aromatic rings. The van der Waals surface area contributed by atoms with Gasteiger partial charge in [-0.25, -0.2) is 24.4 Å². The maximum atomic E-state index is 13.7. The summed E-state index contributed by atoms with van der Waals surface area (Å²) in [4.78, 5) is 59.6. The number of aromatic carboxylic acids is 1. The van der Waals surface area contributed by atoms with Crippen molar-refractivity contribution in [2.45, 2.75) is 61.0 Å². The summed E-state index contributed by atoms with van der Waals surface area (Å²) in [6.07, 6.45) is 3.35. The molecule has 0 spiro atoms. The maximum Gasteiger partial charge on any atom is 0.356 e. The molecule has 1 heterocycles. The van der Waals surface area contributed by atoms with Gasteiger partial charge in [0.1, 0.15) is 39.4 Å². The molecule has 1 atom stereocenters. The van der Waals surface area contributed by atoms with E-state index in [4.69, 9.17) is 18.9 Å². The number of aryl methyl sites for hydroxylation is 3. The average molecular weight is 776 g/mol. The Kier molecular flexibility index (Phi) is 10.0. The molecular weight excluding hydrogens is 740 g/mol. The highest BCUT2D eigenvalue weighted by Gasteiger charge is 2.48. The van der Waals surface area contributed by atoms with Crippen molar-refractivity contribution in [1.29, 1.82) is 0 Å². The lowest BCUT2D eigenvalue weighted by atomic mass is 9.87. The first-order chi connectivity index (χ1) is 24.3. The van der Waals surface area contributed by atoms with Crippen LogP contribution in [0.1, 0.15) is 66.6 Å². The van der Waals surface area contributed by atoms with Crippen molar-refractivity contribution in [1.82, 2.24) is 9.97 Å². The number of aromatic hydroxyl groups is 1. The van der Waals surface area contributed by atoms with Gasteiger partial charge in [-0.15, -0.1) is 0 Å². The highest BCUT2D eigenvalue weighted by atomic mass is 79.9. The molecule has 52 heavy (non-hydrogen) atoms. The minimum Gasteiger partial charge on any atom is -0.506 e. The van der Waals surface area contributed by atoms with Crippen LogP contribution in [0.3, 0.4) is 0 Å². The molecule has 0 amide bonds. The number of ketones is 1. The van der Waals surface area contributed by atoms with E-state index in [2.05, 4.69) is 25.9 Å². The van der Waals surface area contributed by atoms with E-state index in [9.17, 15) is 34.5 Å². The van der Waals surface area contributed by atoms with Gasteiger partial charge in [-0.3, -0.25) is 4.79 Å².